The van der Waals surface area contributed by atoms with Crippen LogP contribution in [0.2, 0.25) is 0 Å². The minimum atomic E-state index is 0.586. The largest absolute Gasteiger partial charge is 0.334 e. The van der Waals surface area contributed by atoms with Gasteiger partial charge < -0.3 is 9.84 Å². The van der Waals surface area contributed by atoms with E-state index in [0.29, 0.717) is 5.89 Å². The first kappa shape index (κ1) is 11.5. The van der Waals surface area contributed by atoms with Crippen molar-refractivity contribution in [2.75, 3.05) is 13.6 Å². The number of nitrogens with zero attached hydrogens (tertiary/aromatic N) is 2. The van der Waals surface area contributed by atoms with E-state index in [9.17, 15) is 0 Å². The van der Waals surface area contributed by atoms with E-state index < -0.39 is 0 Å². The van der Waals surface area contributed by atoms with Crippen molar-refractivity contribution in [3.8, 4) is 11.5 Å². The maximum atomic E-state index is 5.20. The Hall–Kier alpha value is -0.950. The highest BCUT2D eigenvalue weighted by Gasteiger charge is 2.07. The summed E-state index contributed by atoms with van der Waals surface area (Å²) in [6.07, 6.45) is 0.782. The third kappa shape index (κ3) is 2.79. The number of rotatable bonds is 4. The van der Waals surface area contributed by atoms with E-state index in [0.717, 1.165) is 24.4 Å². The van der Waals surface area contributed by atoms with Crippen molar-refractivity contribution >= 4 is 22.6 Å². The fraction of sp³-hybridized carbons (Fsp3) is 0.273. The summed E-state index contributed by atoms with van der Waals surface area (Å²) in [7, 11) is 1.90. The minimum Gasteiger partial charge on any atom is -0.334 e. The van der Waals surface area contributed by atoms with Gasteiger partial charge in [0.1, 0.15) is 0 Å². The number of hydrogen-bond donors (Lipinski definition) is 1. The summed E-state index contributed by atoms with van der Waals surface area (Å²) in [6.45, 7) is 0.853. The molecule has 2 rings (SSSR count). The molecule has 0 unspecified atom stereocenters. The van der Waals surface area contributed by atoms with E-state index in [2.05, 4.69) is 38.0 Å². The topological polar surface area (TPSA) is 51.0 Å². The second kappa shape index (κ2) is 5.40. The van der Waals surface area contributed by atoms with Crippen LogP contribution in [0.4, 0.5) is 0 Å². The SMILES string of the molecule is CNCCc1noc(-c2ccc(I)cc2)n1. The molecule has 16 heavy (non-hydrogen) atoms. The average molecular weight is 329 g/mol. The molecular formula is C11H12IN3O. The molecule has 2 aromatic rings. The number of benzene rings is 1. The molecule has 0 spiro atoms. The zero-order valence-electron chi connectivity index (χ0n) is 8.90. The van der Waals surface area contributed by atoms with Gasteiger partial charge in [-0.25, -0.2) is 0 Å². The zero-order valence-corrected chi connectivity index (χ0v) is 11.1. The molecule has 0 saturated carbocycles. The van der Waals surface area contributed by atoms with Gasteiger partial charge in [-0.1, -0.05) is 5.16 Å². The Labute approximate surface area is 108 Å². The van der Waals surface area contributed by atoms with Crippen LogP contribution >= 0.6 is 22.6 Å². The smallest absolute Gasteiger partial charge is 0.257 e. The molecule has 0 radical (unpaired) electrons. The second-order valence-electron chi connectivity index (χ2n) is 3.38. The zero-order chi connectivity index (χ0) is 11.4. The van der Waals surface area contributed by atoms with Crippen LogP contribution in [0, 0.1) is 3.57 Å². The Morgan fingerprint density at radius 1 is 1.31 bits per heavy atom. The molecule has 0 fully saturated rings. The van der Waals surface area contributed by atoms with E-state index in [1.54, 1.807) is 0 Å². The van der Waals surface area contributed by atoms with Crippen LogP contribution in [0.15, 0.2) is 28.8 Å². The first-order valence-electron chi connectivity index (χ1n) is 5.02. The molecule has 0 atom stereocenters. The van der Waals surface area contributed by atoms with Crippen LogP contribution in [0.5, 0.6) is 0 Å². The molecule has 0 aliphatic rings. The molecule has 0 aliphatic heterocycles. The van der Waals surface area contributed by atoms with Gasteiger partial charge in [0, 0.05) is 22.1 Å². The summed E-state index contributed by atoms with van der Waals surface area (Å²) in [5, 5.41) is 6.97. The van der Waals surface area contributed by atoms with Gasteiger partial charge in [0.05, 0.1) is 0 Å². The molecule has 0 aliphatic carbocycles. The minimum absolute atomic E-state index is 0.586. The van der Waals surface area contributed by atoms with Gasteiger partial charge in [-0.2, -0.15) is 4.98 Å². The summed E-state index contributed by atoms with van der Waals surface area (Å²) in [5.41, 5.74) is 0.962. The van der Waals surface area contributed by atoms with Crippen molar-refractivity contribution in [3.05, 3.63) is 33.7 Å². The predicted molar refractivity (Wildman–Crippen MR) is 70.1 cm³/mol. The van der Waals surface area contributed by atoms with E-state index in [1.807, 2.05) is 31.3 Å². The van der Waals surface area contributed by atoms with Crippen LogP contribution in [-0.4, -0.2) is 23.7 Å². The van der Waals surface area contributed by atoms with Crippen LogP contribution in [-0.2, 0) is 6.42 Å². The van der Waals surface area contributed by atoms with Gasteiger partial charge in [0.15, 0.2) is 5.82 Å². The van der Waals surface area contributed by atoms with Crippen LogP contribution < -0.4 is 5.32 Å². The molecule has 1 heterocycles. The van der Waals surface area contributed by atoms with Gasteiger partial charge in [-0.15, -0.1) is 0 Å². The highest BCUT2D eigenvalue weighted by atomic mass is 127. The third-order valence-electron chi connectivity index (χ3n) is 2.16. The Kier molecular flexibility index (Phi) is 3.89. The fourth-order valence-electron chi connectivity index (χ4n) is 1.30. The van der Waals surface area contributed by atoms with Gasteiger partial charge in [-0.05, 0) is 53.9 Å². The molecule has 1 N–H and O–H groups in total. The van der Waals surface area contributed by atoms with Crippen molar-refractivity contribution in [1.29, 1.82) is 0 Å². The molecular weight excluding hydrogens is 317 g/mol. The Balaban J connectivity index is 2.15. The lowest BCUT2D eigenvalue weighted by Gasteiger charge is -1.93. The third-order valence-corrected chi connectivity index (χ3v) is 2.88. The molecule has 1 aromatic carbocycles. The Morgan fingerprint density at radius 2 is 2.06 bits per heavy atom. The number of likely N-dealkylation sites (N-methyl/N-ethyl adjacent to an activating group) is 1. The molecule has 4 nitrogen and oxygen atoms in total. The average Bonchev–Trinajstić information content (AvgIpc) is 2.76. The fourth-order valence-corrected chi connectivity index (χ4v) is 1.66. The van der Waals surface area contributed by atoms with Crippen molar-refractivity contribution in [1.82, 2.24) is 15.5 Å². The lowest BCUT2D eigenvalue weighted by molar-refractivity contribution is 0.422. The highest BCUT2D eigenvalue weighted by Crippen LogP contribution is 2.18. The lowest BCUT2D eigenvalue weighted by Crippen LogP contribution is -2.10. The molecule has 0 saturated heterocycles. The number of aromatic nitrogens is 2. The van der Waals surface area contributed by atoms with Crippen molar-refractivity contribution in [2.24, 2.45) is 0 Å². The van der Waals surface area contributed by atoms with Crippen LogP contribution in [0.1, 0.15) is 5.82 Å². The van der Waals surface area contributed by atoms with E-state index >= 15 is 0 Å². The standard InChI is InChI=1S/C11H12IN3O/c1-13-7-6-10-14-11(16-15-10)8-2-4-9(12)5-3-8/h2-5,13H,6-7H2,1H3. The predicted octanol–water partition coefficient (Wildman–Crippen LogP) is 2.10. The van der Waals surface area contributed by atoms with Crippen molar-refractivity contribution in [2.45, 2.75) is 6.42 Å². The highest BCUT2D eigenvalue weighted by molar-refractivity contribution is 14.1. The molecule has 0 bridgehead atoms. The Morgan fingerprint density at radius 3 is 2.75 bits per heavy atom. The maximum Gasteiger partial charge on any atom is 0.257 e. The molecule has 0 amide bonds. The summed E-state index contributed by atoms with van der Waals surface area (Å²) in [6, 6.07) is 8.01. The summed E-state index contributed by atoms with van der Waals surface area (Å²) >= 11 is 2.26. The normalized spacial score (nSPS) is 10.6. The van der Waals surface area contributed by atoms with Gasteiger partial charge in [0.2, 0.25) is 0 Å². The first-order chi connectivity index (χ1) is 7.79. The van der Waals surface area contributed by atoms with Crippen LogP contribution in [0.3, 0.4) is 0 Å². The quantitative estimate of drug-likeness (QED) is 0.873. The van der Waals surface area contributed by atoms with Crippen molar-refractivity contribution < 1.29 is 4.52 Å². The van der Waals surface area contributed by atoms with Crippen LogP contribution in [0.25, 0.3) is 11.5 Å². The monoisotopic (exact) mass is 329 g/mol. The van der Waals surface area contributed by atoms with Crippen molar-refractivity contribution in [3.63, 3.8) is 0 Å². The summed E-state index contributed by atoms with van der Waals surface area (Å²) in [5.74, 6) is 1.32. The van der Waals surface area contributed by atoms with E-state index in [1.165, 1.54) is 3.57 Å². The molecule has 1 aromatic heterocycles. The first-order valence-corrected chi connectivity index (χ1v) is 6.10. The van der Waals surface area contributed by atoms with Gasteiger partial charge in [0.25, 0.3) is 5.89 Å². The van der Waals surface area contributed by atoms with E-state index in [4.69, 9.17) is 4.52 Å². The molecule has 84 valence electrons. The van der Waals surface area contributed by atoms with Gasteiger partial charge in [-0.3, -0.25) is 0 Å². The second-order valence-corrected chi connectivity index (χ2v) is 4.62. The van der Waals surface area contributed by atoms with E-state index in [-0.39, 0.29) is 0 Å². The summed E-state index contributed by atoms with van der Waals surface area (Å²) < 4.78 is 6.39. The number of hydrogen-bond acceptors (Lipinski definition) is 4. The van der Waals surface area contributed by atoms with Gasteiger partial charge >= 0.3 is 0 Å². The maximum absolute atomic E-state index is 5.20. The number of halogens is 1. The molecule has 5 heteroatoms. The Bertz CT molecular complexity index is 453. The number of nitrogens with one attached hydrogen (secondary N) is 1. The lowest BCUT2D eigenvalue weighted by atomic mass is 10.2. The summed E-state index contributed by atoms with van der Waals surface area (Å²) in [4.78, 5) is 4.33.